The van der Waals surface area contributed by atoms with E-state index in [1.165, 1.54) is 0 Å². The van der Waals surface area contributed by atoms with Crippen molar-refractivity contribution in [2.75, 3.05) is 7.11 Å². The Kier molecular flexibility index (Phi) is 5.74. The average Bonchev–Trinajstić information content (AvgIpc) is 2.38. The van der Waals surface area contributed by atoms with E-state index in [1.807, 2.05) is 0 Å². The van der Waals surface area contributed by atoms with Crippen molar-refractivity contribution in [2.45, 2.75) is 12.8 Å². The molecule has 0 fully saturated rings. The molecule has 1 aromatic carbocycles. The van der Waals surface area contributed by atoms with Gasteiger partial charge in [0.05, 0.1) is 19.2 Å². The maximum absolute atomic E-state index is 10.6. The Hall–Kier alpha value is -2.15. The van der Waals surface area contributed by atoms with E-state index >= 15 is 0 Å². The van der Waals surface area contributed by atoms with Crippen molar-refractivity contribution in [2.24, 2.45) is 10.8 Å². The topological polar surface area (TPSA) is 96.9 Å². The molecule has 0 unspecified atom stereocenters. The number of nitrogens with zero attached hydrogens (tertiary/aromatic N) is 1. The molecular weight excluding hydrogens is 266 g/mol. The molecule has 0 amide bonds. The molecule has 0 aliphatic heterocycles. The van der Waals surface area contributed by atoms with Crippen LogP contribution in [0.15, 0.2) is 29.4 Å². The highest BCUT2D eigenvalue weighted by atomic mass is 32.1. The van der Waals surface area contributed by atoms with Gasteiger partial charge in [0, 0.05) is 6.42 Å². The Bertz CT molecular complexity index is 485. The molecular formula is C12H15N3O3S. The van der Waals surface area contributed by atoms with Gasteiger partial charge in [-0.15, -0.1) is 0 Å². The van der Waals surface area contributed by atoms with E-state index in [2.05, 4.69) is 22.7 Å². The summed E-state index contributed by atoms with van der Waals surface area (Å²) < 4.78 is 5.05. The van der Waals surface area contributed by atoms with Crippen LogP contribution in [0.3, 0.4) is 0 Å². The van der Waals surface area contributed by atoms with E-state index in [0.29, 0.717) is 11.5 Å². The van der Waals surface area contributed by atoms with Gasteiger partial charge in [-0.1, -0.05) is 0 Å². The molecule has 102 valence electrons. The smallest absolute Gasteiger partial charge is 0.303 e. The highest BCUT2D eigenvalue weighted by molar-refractivity contribution is 7.80. The fraction of sp³-hybridized carbons (Fsp3) is 0.250. The van der Waals surface area contributed by atoms with E-state index in [9.17, 15) is 4.79 Å². The largest absolute Gasteiger partial charge is 0.497 e. The van der Waals surface area contributed by atoms with Gasteiger partial charge in [-0.3, -0.25) is 10.2 Å². The molecule has 4 N–H and O–H groups in total. The maximum Gasteiger partial charge on any atom is 0.303 e. The lowest BCUT2D eigenvalue weighted by molar-refractivity contribution is -0.136. The number of rotatable bonds is 6. The third-order valence-electron chi connectivity index (χ3n) is 2.30. The number of nitrogens with one attached hydrogen (secondary N) is 1. The van der Waals surface area contributed by atoms with Gasteiger partial charge in [0.25, 0.3) is 0 Å². The lowest BCUT2D eigenvalue weighted by atomic mass is 10.1. The summed E-state index contributed by atoms with van der Waals surface area (Å²) in [6.07, 6.45) is 0.251. The van der Waals surface area contributed by atoms with Crippen molar-refractivity contribution >= 4 is 29.0 Å². The van der Waals surface area contributed by atoms with Crippen LogP contribution < -0.4 is 15.9 Å². The summed E-state index contributed by atoms with van der Waals surface area (Å²) in [7, 11) is 1.57. The summed E-state index contributed by atoms with van der Waals surface area (Å²) in [5.41, 5.74) is 9.12. The van der Waals surface area contributed by atoms with Crippen LogP contribution in [-0.2, 0) is 4.79 Å². The van der Waals surface area contributed by atoms with Crippen LogP contribution in [0.4, 0.5) is 0 Å². The third kappa shape index (κ3) is 5.35. The number of thiocarbonyl (C=S) groups is 1. The van der Waals surface area contributed by atoms with Crippen molar-refractivity contribution in [1.82, 2.24) is 5.43 Å². The fourth-order valence-corrected chi connectivity index (χ4v) is 1.44. The molecule has 0 saturated heterocycles. The quantitative estimate of drug-likeness (QED) is 0.410. The molecule has 0 heterocycles. The van der Waals surface area contributed by atoms with Crippen LogP contribution in [0, 0.1) is 0 Å². The van der Waals surface area contributed by atoms with Crippen molar-refractivity contribution in [1.29, 1.82) is 0 Å². The minimum atomic E-state index is -0.892. The second-order valence-electron chi connectivity index (χ2n) is 3.66. The first kappa shape index (κ1) is 14.9. The van der Waals surface area contributed by atoms with Crippen LogP contribution in [-0.4, -0.2) is 29.0 Å². The van der Waals surface area contributed by atoms with Crippen molar-refractivity contribution in [3.05, 3.63) is 29.8 Å². The van der Waals surface area contributed by atoms with Gasteiger partial charge in [-0.05, 0) is 42.0 Å². The summed E-state index contributed by atoms with van der Waals surface area (Å²) >= 11 is 4.66. The summed E-state index contributed by atoms with van der Waals surface area (Å²) in [6, 6.07) is 7.13. The highest BCUT2D eigenvalue weighted by Crippen LogP contribution is 2.14. The average molecular weight is 281 g/mol. The van der Waals surface area contributed by atoms with Gasteiger partial charge in [0.1, 0.15) is 5.75 Å². The first-order valence-corrected chi connectivity index (χ1v) is 5.92. The van der Waals surface area contributed by atoms with Gasteiger partial charge >= 0.3 is 5.97 Å². The molecule has 0 atom stereocenters. The normalized spacial score (nSPS) is 10.9. The second kappa shape index (κ2) is 7.32. The molecule has 19 heavy (non-hydrogen) atoms. The lowest BCUT2D eigenvalue weighted by Crippen LogP contribution is -2.25. The zero-order valence-corrected chi connectivity index (χ0v) is 11.2. The zero-order valence-electron chi connectivity index (χ0n) is 10.4. The molecule has 1 aromatic rings. The first-order valence-electron chi connectivity index (χ1n) is 5.51. The van der Waals surface area contributed by atoms with Crippen LogP contribution >= 0.6 is 12.2 Å². The number of carboxylic acids is 1. The highest BCUT2D eigenvalue weighted by Gasteiger charge is 2.07. The number of ether oxygens (including phenoxy) is 1. The predicted molar refractivity (Wildman–Crippen MR) is 76.3 cm³/mol. The van der Waals surface area contributed by atoms with Crippen LogP contribution in [0.5, 0.6) is 5.75 Å². The Morgan fingerprint density at radius 3 is 2.53 bits per heavy atom. The van der Waals surface area contributed by atoms with Crippen molar-refractivity contribution in [3.8, 4) is 5.75 Å². The summed E-state index contributed by atoms with van der Waals surface area (Å²) in [4.78, 5) is 10.6. The van der Waals surface area contributed by atoms with Gasteiger partial charge in [-0.2, -0.15) is 5.10 Å². The van der Waals surface area contributed by atoms with E-state index in [1.54, 1.807) is 31.4 Å². The van der Waals surface area contributed by atoms with Crippen molar-refractivity contribution in [3.63, 3.8) is 0 Å². The second-order valence-corrected chi connectivity index (χ2v) is 4.10. The van der Waals surface area contributed by atoms with E-state index < -0.39 is 5.97 Å². The van der Waals surface area contributed by atoms with Gasteiger partial charge in [-0.25, -0.2) is 0 Å². The fourth-order valence-electron chi connectivity index (χ4n) is 1.40. The molecule has 0 aliphatic rings. The summed E-state index contributed by atoms with van der Waals surface area (Å²) in [6.45, 7) is 0. The molecule has 1 rings (SSSR count). The molecule has 0 bridgehead atoms. The summed E-state index contributed by atoms with van der Waals surface area (Å²) in [5.74, 6) is -0.180. The van der Waals surface area contributed by atoms with E-state index in [-0.39, 0.29) is 18.0 Å². The zero-order chi connectivity index (χ0) is 14.3. The van der Waals surface area contributed by atoms with Gasteiger partial charge < -0.3 is 15.6 Å². The number of hydrogen-bond acceptors (Lipinski definition) is 4. The molecule has 0 aliphatic carbocycles. The molecule has 0 spiro atoms. The van der Waals surface area contributed by atoms with E-state index in [0.717, 1.165) is 5.56 Å². The maximum atomic E-state index is 10.6. The van der Waals surface area contributed by atoms with Gasteiger partial charge in [0.2, 0.25) is 0 Å². The number of nitrogens with two attached hydrogens (primary N) is 1. The molecule has 0 radical (unpaired) electrons. The predicted octanol–water partition coefficient (Wildman–Crippen LogP) is 1.10. The van der Waals surface area contributed by atoms with Crippen LogP contribution in [0.1, 0.15) is 18.4 Å². The number of aliphatic carboxylic acids is 1. The number of hydrogen-bond donors (Lipinski definition) is 3. The number of hydrazone groups is 1. The SMILES string of the molecule is COc1ccc(/C(CCC(=O)O)=N/NC(N)=S)cc1. The van der Waals surface area contributed by atoms with Crippen molar-refractivity contribution < 1.29 is 14.6 Å². The Balaban J connectivity index is 2.89. The Morgan fingerprint density at radius 2 is 2.05 bits per heavy atom. The molecule has 6 nitrogen and oxygen atoms in total. The summed E-state index contributed by atoms with van der Waals surface area (Å²) in [5, 5.41) is 12.8. The van der Waals surface area contributed by atoms with Gasteiger partial charge in [0.15, 0.2) is 5.11 Å². The third-order valence-corrected chi connectivity index (χ3v) is 2.39. The minimum Gasteiger partial charge on any atom is -0.497 e. The molecule has 0 saturated carbocycles. The Morgan fingerprint density at radius 1 is 1.42 bits per heavy atom. The lowest BCUT2D eigenvalue weighted by Gasteiger charge is -2.07. The van der Waals surface area contributed by atoms with Crippen LogP contribution in [0.25, 0.3) is 0 Å². The van der Waals surface area contributed by atoms with Crippen LogP contribution in [0.2, 0.25) is 0 Å². The molecule has 7 heteroatoms. The number of carboxylic acid groups (broad SMARTS) is 1. The Labute approximate surface area is 116 Å². The number of carbonyl (C=O) groups is 1. The number of benzene rings is 1. The first-order chi connectivity index (χ1) is 9.02. The number of methoxy groups -OCH3 is 1. The minimum absolute atomic E-state index is 0.0239. The molecule has 0 aromatic heterocycles. The van der Waals surface area contributed by atoms with E-state index in [4.69, 9.17) is 15.6 Å². The monoisotopic (exact) mass is 281 g/mol. The standard InChI is InChI=1S/C12H15N3O3S/c1-18-9-4-2-8(3-5-9)10(6-7-11(16)17)14-15-12(13)19/h2-5H,6-7H2,1H3,(H,16,17)(H3,13,15,19)/b14-10+.